The lowest BCUT2D eigenvalue weighted by atomic mass is 10.2. The molecule has 0 fully saturated rings. The van der Waals surface area contributed by atoms with Crippen molar-refractivity contribution in [1.29, 1.82) is 0 Å². The minimum Gasteiger partial charge on any atom is -0.459 e. The molecule has 0 radical (unpaired) electrons. The Morgan fingerprint density at radius 1 is 1.29 bits per heavy atom. The van der Waals surface area contributed by atoms with Gasteiger partial charge in [0, 0.05) is 10.6 Å². The second-order valence-corrected chi connectivity index (χ2v) is 4.31. The summed E-state index contributed by atoms with van der Waals surface area (Å²) < 4.78 is 18.9. The Bertz CT molecular complexity index is 504. The molecule has 1 heterocycles. The number of hydrogen-bond acceptors (Lipinski definition) is 2. The molecule has 0 saturated carbocycles. The highest BCUT2D eigenvalue weighted by atomic mass is 35.5. The summed E-state index contributed by atoms with van der Waals surface area (Å²) in [6.07, 6.45) is 0. The quantitative estimate of drug-likeness (QED) is 0.894. The maximum Gasteiger partial charge on any atom is 0.134 e. The molecule has 0 aliphatic heterocycles. The molecule has 4 heteroatoms. The molecule has 0 amide bonds. The van der Waals surface area contributed by atoms with E-state index in [0.717, 1.165) is 5.76 Å². The van der Waals surface area contributed by atoms with Gasteiger partial charge in [0.2, 0.25) is 0 Å². The van der Waals surface area contributed by atoms with Crippen molar-refractivity contribution >= 4 is 11.6 Å². The van der Waals surface area contributed by atoms with Gasteiger partial charge in [-0.2, -0.15) is 0 Å². The zero-order valence-corrected chi connectivity index (χ0v) is 10.4. The fourth-order valence-corrected chi connectivity index (χ4v) is 1.80. The van der Waals surface area contributed by atoms with E-state index in [4.69, 9.17) is 16.0 Å². The Morgan fingerprint density at radius 2 is 2.06 bits per heavy atom. The first kappa shape index (κ1) is 12.1. The first-order valence-electron chi connectivity index (χ1n) is 5.33. The Labute approximate surface area is 104 Å². The van der Waals surface area contributed by atoms with Crippen molar-refractivity contribution in [3.8, 4) is 11.3 Å². The summed E-state index contributed by atoms with van der Waals surface area (Å²) in [6, 6.07) is 8.15. The lowest BCUT2D eigenvalue weighted by molar-refractivity contribution is 0.458. The molecule has 17 heavy (non-hydrogen) atoms. The van der Waals surface area contributed by atoms with Gasteiger partial charge in [-0.1, -0.05) is 11.6 Å². The van der Waals surface area contributed by atoms with Crippen molar-refractivity contribution in [2.75, 3.05) is 7.05 Å². The van der Waals surface area contributed by atoms with Crippen molar-refractivity contribution in [3.63, 3.8) is 0 Å². The average molecular weight is 254 g/mol. The van der Waals surface area contributed by atoms with Crippen molar-refractivity contribution in [1.82, 2.24) is 5.32 Å². The molecule has 2 aromatic rings. The van der Waals surface area contributed by atoms with Crippen LogP contribution in [0.2, 0.25) is 5.02 Å². The highest BCUT2D eigenvalue weighted by Gasteiger charge is 2.10. The van der Waals surface area contributed by atoms with Gasteiger partial charge in [-0.3, -0.25) is 0 Å². The minimum atomic E-state index is -0.368. The summed E-state index contributed by atoms with van der Waals surface area (Å²) in [4.78, 5) is 0. The number of benzene rings is 1. The normalized spacial score (nSPS) is 12.7. The van der Waals surface area contributed by atoms with E-state index in [9.17, 15) is 4.39 Å². The largest absolute Gasteiger partial charge is 0.459 e. The minimum absolute atomic E-state index is 0.118. The Morgan fingerprint density at radius 3 is 2.71 bits per heavy atom. The van der Waals surface area contributed by atoms with Crippen molar-refractivity contribution < 1.29 is 8.81 Å². The van der Waals surface area contributed by atoms with Crippen LogP contribution in [0.25, 0.3) is 11.3 Å². The number of furan rings is 1. The molecule has 2 rings (SSSR count). The Hall–Kier alpha value is -1.32. The van der Waals surface area contributed by atoms with Crippen LogP contribution in [-0.4, -0.2) is 7.05 Å². The van der Waals surface area contributed by atoms with Gasteiger partial charge in [0.1, 0.15) is 17.3 Å². The van der Waals surface area contributed by atoms with Crippen LogP contribution in [0.3, 0.4) is 0 Å². The van der Waals surface area contributed by atoms with Gasteiger partial charge in [0.15, 0.2) is 0 Å². The molecule has 0 spiro atoms. The molecular weight excluding hydrogens is 241 g/mol. The van der Waals surface area contributed by atoms with Crippen molar-refractivity contribution in [3.05, 3.63) is 46.9 Å². The summed E-state index contributed by atoms with van der Waals surface area (Å²) in [7, 11) is 1.85. The molecule has 1 aromatic heterocycles. The van der Waals surface area contributed by atoms with Crippen LogP contribution in [0.15, 0.2) is 34.7 Å². The van der Waals surface area contributed by atoms with E-state index >= 15 is 0 Å². The molecule has 1 unspecified atom stereocenters. The molecule has 1 atom stereocenters. The first-order chi connectivity index (χ1) is 8.10. The van der Waals surface area contributed by atoms with Crippen LogP contribution in [0.4, 0.5) is 4.39 Å². The second kappa shape index (κ2) is 4.90. The fourth-order valence-electron chi connectivity index (χ4n) is 1.58. The third-order valence-electron chi connectivity index (χ3n) is 2.63. The summed E-state index contributed by atoms with van der Waals surface area (Å²) in [6.45, 7) is 1.99. The van der Waals surface area contributed by atoms with Gasteiger partial charge in [0.25, 0.3) is 0 Å². The van der Waals surface area contributed by atoms with Gasteiger partial charge >= 0.3 is 0 Å². The summed E-state index contributed by atoms with van der Waals surface area (Å²) >= 11 is 5.80. The van der Waals surface area contributed by atoms with Gasteiger partial charge in [0.05, 0.1) is 6.04 Å². The number of halogens is 2. The number of hydrogen-bond donors (Lipinski definition) is 1. The SMILES string of the molecule is CNC(C)c1ccc(-c2cc(F)cc(Cl)c2)o1. The van der Waals surface area contributed by atoms with Crippen LogP contribution < -0.4 is 5.32 Å². The topological polar surface area (TPSA) is 25.2 Å². The van der Waals surface area contributed by atoms with E-state index in [2.05, 4.69) is 5.32 Å². The van der Waals surface area contributed by atoms with Crippen LogP contribution in [0, 0.1) is 5.82 Å². The molecule has 1 aromatic carbocycles. The molecule has 0 aliphatic rings. The van der Waals surface area contributed by atoms with E-state index in [0.29, 0.717) is 16.3 Å². The summed E-state index contributed by atoms with van der Waals surface area (Å²) in [5.74, 6) is 1.05. The monoisotopic (exact) mass is 253 g/mol. The average Bonchev–Trinajstić information content (AvgIpc) is 2.76. The van der Waals surface area contributed by atoms with Crippen LogP contribution in [-0.2, 0) is 0 Å². The van der Waals surface area contributed by atoms with Gasteiger partial charge in [-0.05, 0) is 44.3 Å². The number of nitrogens with one attached hydrogen (secondary N) is 1. The smallest absolute Gasteiger partial charge is 0.134 e. The van der Waals surface area contributed by atoms with Gasteiger partial charge in [-0.25, -0.2) is 4.39 Å². The molecular formula is C13H13ClFNO. The van der Waals surface area contributed by atoms with Gasteiger partial charge < -0.3 is 9.73 Å². The highest BCUT2D eigenvalue weighted by molar-refractivity contribution is 6.30. The van der Waals surface area contributed by atoms with E-state index in [1.165, 1.54) is 12.1 Å². The van der Waals surface area contributed by atoms with E-state index in [1.54, 1.807) is 6.07 Å². The molecule has 1 N–H and O–H groups in total. The maximum atomic E-state index is 13.2. The zero-order chi connectivity index (χ0) is 12.4. The van der Waals surface area contributed by atoms with E-state index in [1.807, 2.05) is 26.1 Å². The van der Waals surface area contributed by atoms with Crippen LogP contribution >= 0.6 is 11.6 Å². The van der Waals surface area contributed by atoms with Crippen molar-refractivity contribution in [2.24, 2.45) is 0 Å². The third-order valence-corrected chi connectivity index (χ3v) is 2.85. The van der Waals surface area contributed by atoms with E-state index in [-0.39, 0.29) is 11.9 Å². The lowest BCUT2D eigenvalue weighted by Gasteiger charge is -2.05. The Balaban J connectivity index is 2.36. The lowest BCUT2D eigenvalue weighted by Crippen LogP contribution is -2.10. The Kier molecular flexibility index (Phi) is 3.50. The first-order valence-corrected chi connectivity index (χ1v) is 5.71. The molecule has 2 nitrogen and oxygen atoms in total. The predicted octanol–water partition coefficient (Wildman–Crippen LogP) is 4.02. The van der Waals surface area contributed by atoms with Crippen molar-refractivity contribution in [2.45, 2.75) is 13.0 Å². The zero-order valence-electron chi connectivity index (χ0n) is 9.63. The summed E-state index contributed by atoms with van der Waals surface area (Å²) in [5.41, 5.74) is 0.643. The number of rotatable bonds is 3. The fraction of sp³-hybridized carbons (Fsp3) is 0.231. The second-order valence-electron chi connectivity index (χ2n) is 3.87. The standard InChI is InChI=1S/C13H13ClFNO/c1-8(16-2)12-3-4-13(17-12)9-5-10(14)7-11(15)6-9/h3-8,16H,1-2H3. The molecule has 0 bridgehead atoms. The maximum absolute atomic E-state index is 13.2. The predicted molar refractivity (Wildman–Crippen MR) is 66.6 cm³/mol. The van der Waals surface area contributed by atoms with Crippen LogP contribution in [0.5, 0.6) is 0 Å². The third kappa shape index (κ3) is 2.68. The van der Waals surface area contributed by atoms with E-state index < -0.39 is 0 Å². The van der Waals surface area contributed by atoms with Crippen LogP contribution in [0.1, 0.15) is 18.7 Å². The summed E-state index contributed by atoms with van der Waals surface area (Å²) in [5, 5.41) is 3.44. The highest BCUT2D eigenvalue weighted by Crippen LogP contribution is 2.28. The molecule has 90 valence electrons. The molecule has 0 saturated heterocycles. The van der Waals surface area contributed by atoms with Gasteiger partial charge in [-0.15, -0.1) is 0 Å². The molecule has 0 aliphatic carbocycles.